The van der Waals surface area contributed by atoms with E-state index >= 15 is 0 Å². The maximum atomic E-state index is 13.4. The summed E-state index contributed by atoms with van der Waals surface area (Å²) < 4.78 is 42.9. The number of para-hydroxylation sites is 3. The molecular weight excluding hydrogens is 571 g/mol. The molecule has 0 unspecified atom stereocenters. The number of benzene rings is 3. The monoisotopic (exact) mass is 601 g/mol. The minimum Gasteiger partial charge on any atom is -0.744 e. The van der Waals surface area contributed by atoms with Crippen LogP contribution in [0.2, 0.25) is 0 Å². The molecule has 0 saturated heterocycles. The number of aromatic nitrogens is 2. The zero-order valence-electron chi connectivity index (χ0n) is 23.8. The molecule has 0 amide bonds. The fourth-order valence-corrected chi connectivity index (χ4v) is 6.51. The molecule has 0 aliphatic carbocycles. The lowest BCUT2D eigenvalue weighted by Gasteiger charge is -2.23. The Balaban J connectivity index is 0.000000271. The van der Waals surface area contributed by atoms with Gasteiger partial charge in [0.2, 0.25) is 5.58 Å². The molecule has 0 N–H and O–H groups in total. The predicted octanol–water partition coefficient (Wildman–Crippen LogP) is 3.87. The first-order chi connectivity index (χ1) is 20.1. The molecular formula is C32H31N3O5S2. The SMILES string of the molecule is CCn1c(=O)/c(=C2\C=CN(C)c3ccccc32)s/c1=C\c1oc2ccccc2[n+]1CC.Cc1ccc(S(=O)(=O)[O-])cc1. The number of oxazole rings is 1. The van der Waals surface area contributed by atoms with Crippen molar-refractivity contribution in [3.05, 3.63) is 122 Å². The largest absolute Gasteiger partial charge is 0.744 e. The number of anilines is 1. The molecule has 42 heavy (non-hydrogen) atoms. The van der Waals surface area contributed by atoms with Crippen LogP contribution in [0.4, 0.5) is 5.69 Å². The van der Waals surface area contributed by atoms with Gasteiger partial charge in [0, 0.05) is 42.7 Å². The predicted molar refractivity (Wildman–Crippen MR) is 165 cm³/mol. The third kappa shape index (κ3) is 5.74. The van der Waals surface area contributed by atoms with Gasteiger partial charge in [0.15, 0.2) is 0 Å². The zero-order valence-corrected chi connectivity index (χ0v) is 25.4. The highest BCUT2D eigenvalue weighted by Crippen LogP contribution is 2.29. The fraction of sp³-hybridized carbons (Fsp3) is 0.188. The standard InChI is InChI=1S/C25H24N3O2S.C7H8O3S/c1-4-27-20-12-8-9-13-21(20)30-22(27)16-23-28(5-2)25(29)24(31-23)18-14-15-26(3)19-11-7-6-10-17(18)19;1-6-2-4-7(5-3-6)11(8,9)10/h6-16H,4-5H2,1-3H3;2-5H,1H3,(H,8,9,10)/q+1;/p-1/b24-18-;. The summed E-state index contributed by atoms with van der Waals surface area (Å²) in [6.07, 6.45) is 6.04. The minimum absolute atomic E-state index is 0.0388. The van der Waals surface area contributed by atoms with Crippen molar-refractivity contribution < 1.29 is 22.0 Å². The molecule has 5 aromatic rings. The van der Waals surface area contributed by atoms with E-state index < -0.39 is 10.1 Å². The van der Waals surface area contributed by atoms with Crippen LogP contribution in [0.1, 0.15) is 30.9 Å². The van der Waals surface area contributed by atoms with Crippen LogP contribution in [-0.2, 0) is 23.2 Å². The summed E-state index contributed by atoms with van der Waals surface area (Å²) in [5.74, 6) is 0.753. The van der Waals surface area contributed by atoms with Gasteiger partial charge in [-0.25, -0.2) is 8.42 Å². The average Bonchev–Trinajstić information content (AvgIpc) is 3.49. The average molecular weight is 602 g/mol. The summed E-state index contributed by atoms with van der Waals surface area (Å²) in [5.41, 5.74) is 6.02. The molecule has 0 radical (unpaired) electrons. The molecule has 3 heterocycles. The fourth-order valence-electron chi connectivity index (χ4n) is 4.86. The number of hydrogen-bond donors (Lipinski definition) is 0. The Morgan fingerprint density at radius 3 is 2.38 bits per heavy atom. The van der Waals surface area contributed by atoms with Crippen molar-refractivity contribution in [3.8, 4) is 0 Å². The summed E-state index contributed by atoms with van der Waals surface area (Å²) in [6, 6.07) is 22.0. The van der Waals surface area contributed by atoms with Crippen LogP contribution in [0.3, 0.4) is 0 Å². The van der Waals surface area contributed by atoms with Gasteiger partial charge in [-0.2, -0.15) is 4.57 Å². The topological polar surface area (TPSA) is 99.5 Å². The highest BCUT2D eigenvalue weighted by Gasteiger charge is 2.20. The van der Waals surface area contributed by atoms with Crippen molar-refractivity contribution in [1.82, 2.24) is 4.57 Å². The second-order valence-corrected chi connectivity index (χ2v) is 12.2. The summed E-state index contributed by atoms with van der Waals surface area (Å²) in [7, 11) is -2.25. The number of allylic oxidation sites excluding steroid dienone is 1. The van der Waals surface area contributed by atoms with Crippen LogP contribution >= 0.6 is 11.3 Å². The summed E-state index contributed by atoms with van der Waals surface area (Å²) >= 11 is 1.52. The van der Waals surface area contributed by atoms with E-state index in [2.05, 4.69) is 34.6 Å². The van der Waals surface area contributed by atoms with Crippen molar-refractivity contribution in [3.63, 3.8) is 0 Å². The Hall–Kier alpha value is -4.25. The first-order valence-corrected chi connectivity index (χ1v) is 15.7. The number of aryl methyl sites for hydroxylation is 2. The maximum absolute atomic E-state index is 13.4. The molecule has 2 aromatic heterocycles. The summed E-state index contributed by atoms with van der Waals surface area (Å²) in [4.78, 5) is 15.3. The molecule has 8 nitrogen and oxygen atoms in total. The van der Waals surface area contributed by atoms with Crippen LogP contribution in [0.25, 0.3) is 22.7 Å². The van der Waals surface area contributed by atoms with Crippen LogP contribution in [0.5, 0.6) is 0 Å². The van der Waals surface area contributed by atoms with Gasteiger partial charge < -0.3 is 13.9 Å². The van der Waals surface area contributed by atoms with E-state index in [0.717, 1.165) is 55.1 Å². The number of thiazole rings is 1. The third-order valence-electron chi connectivity index (χ3n) is 7.02. The van der Waals surface area contributed by atoms with Crippen molar-refractivity contribution in [2.24, 2.45) is 0 Å². The smallest absolute Gasteiger partial charge is 0.377 e. The van der Waals surface area contributed by atoms with Gasteiger partial charge in [-0.05, 0) is 51.1 Å². The van der Waals surface area contributed by atoms with E-state index in [1.165, 1.54) is 23.5 Å². The number of hydrogen-bond acceptors (Lipinski definition) is 7. The lowest BCUT2D eigenvalue weighted by molar-refractivity contribution is -0.674. The molecule has 216 valence electrons. The second-order valence-electron chi connectivity index (χ2n) is 9.74. The van der Waals surface area contributed by atoms with E-state index in [1.54, 1.807) is 12.1 Å². The summed E-state index contributed by atoms with van der Waals surface area (Å²) in [5, 5.41) is 0. The Morgan fingerprint density at radius 1 is 1.00 bits per heavy atom. The van der Waals surface area contributed by atoms with Crippen molar-refractivity contribution in [1.29, 1.82) is 0 Å². The van der Waals surface area contributed by atoms with Crippen LogP contribution < -0.4 is 24.2 Å². The lowest BCUT2D eigenvalue weighted by atomic mass is 10.0. The Morgan fingerprint density at radius 2 is 1.69 bits per heavy atom. The van der Waals surface area contributed by atoms with E-state index in [-0.39, 0.29) is 10.5 Å². The van der Waals surface area contributed by atoms with E-state index in [0.29, 0.717) is 6.54 Å². The Kier molecular flexibility index (Phi) is 8.31. The molecule has 0 spiro atoms. The highest BCUT2D eigenvalue weighted by atomic mass is 32.2. The van der Waals surface area contributed by atoms with Gasteiger partial charge in [0.1, 0.15) is 25.9 Å². The zero-order chi connectivity index (χ0) is 30.0. The summed E-state index contributed by atoms with van der Waals surface area (Å²) in [6.45, 7) is 7.32. The molecule has 0 fully saturated rings. The van der Waals surface area contributed by atoms with Gasteiger partial charge in [-0.15, -0.1) is 11.3 Å². The Bertz CT molecular complexity index is 2090. The van der Waals surface area contributed by atoms with Gasteiger partial charge in [0.05, 0.1) is 11.0 Å². The van der Waals surface area contributed by atoms with Gasteiger partial charge in [-0.1, -0.05) is 48.0 Å². The molecule has 0 saturated carbocycles. The first kappa shape index (κ1) is 29.2. The molecule has 1 aliphatic heterocycles. The van der Waals surface area contributed by atoms with E-state index in [1.807, 2.05) is 74.1 Å². The Labute approximate surface area is 248 Å². The van der Waals surface area contributed by atoms with Crippen molar-refractivity contribution >= 4 is 49.9 Å². The third-order valence-corrected chi connectivity index (χ3v) is 9.02. The highest BCUT2D eigenvalue weighted by molar-refractivity contribution is 7.85. The van der Waals surface area contributed by atoms with Crippen LogP contribution in [0.15, 0.2) is 99.2 Å². The number of nitrogens with zero attached hydrogens (tertiary/aromatic N) is 3. The van der Waals surface area contributed by atoms with Crippen molar-refractivity contribution in [2.75, 3.05) is 11.9 Å². The minimum atomic E-state index is -4.27. The number of fused-ring (bicyclic) bond motifs is 2. The van der Waals surface area contributed by atoms with Gasteiger partial charge in [0.25, 0.3) is 11.1 Å². The van der Waals surface area contributed by atoms with Crippen LogP contribution in [-0.4, -0.2) is 24.6 Å². The van der Waals surface area contributed by atoms with Gasteiger partial charge >= 0.3 is 5.89 Å². The molecule has 0 atom stereocenters. The molecule has 6 rings (SSSR count). The second kappa shape index (κ2) is 11.9. The van der Waals surface area contributed by atoms with E-state index in [9.17, 15) is 17.8 Å². The first-order valence-electron chi connectivity index (χ1n) is 13.5. The molecule has 3 aromatic carbocycles. The van der Waals surface area contributed by atoms with E-state index in [4.69, 9.17) is 4.42 Å². The lowest BCUT2D eigenvalue weighted by Crippen LogP contribution is -2.35. The molecule has 0 bridgehead atoms. The van der Waals surface area contributed by atoms with Gasteiger partial charge in [-0.3, -0.25) is 9.36 Å². The van der Waals surface area contributed by atoms with Crippen LogP contribution in [0, 0.1) is 6.92 Å². The maximum Gasteiger partial charge on any atom is 0.377 e. The normalized spacial score (nSPS) is 14.6. The molecule has 1 aliphatic rings. The quantitative estimate of drug-likeness (QED) is 0.229. The number of rotatable bonds is 4. The molecule has 10 heteroatoms. The van der Waals surface area contributed by atoms with Crippen molar-refractivity contribution in [2.45, 2.75) is 38.8 Å².